The standard InChI is InChI=1S/C19H18ClFN10/c1-8(2)31-18-13(15(28-31)9-4-5-11(21)14-10(9)6-23-27-14)17(22)25-19(26-18)24-12-7-30(3)29-16(12)20/h4-8H,1-3H3,(H,23,27)(H3,22,24,25,26). The van der Waals surface area contributed by atoms with Crippen molar-refractivity contribution in [3.8, 4) is 11.3 Å². The lowest BCUT2D eigenvalue weighted by Gasteiger charge is -2.08. The Bertz CT molecular complexity index is 1450. The van der Waals surface area contributed by atoms with Gasteiger partial charge >= 0.3 is 0 Å². The second kappa shape index (κ2) is 6.91. The largest absolute Gasteiger partial charge is 0.383 e. The summed E-state index contributed by atoms with van der Waals surface area (Å²) in [6.07, 6.45) is 3.27. The van der Waals surface area contributed by atoms with Crippen molar-refractivity contribution in [1.82, 2.24) is 39.7 Å². The number of H-pyrrole nitrogens is 1. The van der Waals surface area contributed by atoms with Crippen molar-refractivity contribution in [3.63, 3.8) is 0 Å². The monoisotopic (exact) mass is 440 g/mol. The smallest absolute Gasteiger partial charge is 0.231 e. The third-order valence-electron chi connectivity index (χ3n) is 4.92. The maximum atomic E-state index is 14.2. The Morgan fingerprint density at radius 2 is 2.03 bits per heavy atom. The number of anilines is 3. The molecule has 0 bridgehead atoms. The molecule has 0 amide bonds. The Morgan fingerprint density at radius 1 is 1.23 bits per heavy atom. The summed E-state index contributed by atoms with van der Waals surface area (Å²) in [5, 5.41) is 20.0. The van der Waals surface area contributed by atoms with E-state index in [0.717, 1.165) is 0 Å². The Kier molecular flexibility index (Phi) is 4.29. The van der Waals surface area contributed by atoms with E-state index in [9.17, 15) is 4.39 Å². The van der Waals surface area contributed by atoms with Crippen molar-refractivity contribution in [2.24, 2.45) is 7.05 Å². The first-order valence-electron chi connectivity index (χ1n) is 9.47. The van der Waals surface area contributed by atoms with Gasteiger partial charge in [0.2, 0.25) is 5.95 Å². The van der Waals surface area contributed by atoms with Crippen molar-refractivity contribution in [2.75, 3.05) is 11.1 Å². The third-order valence-corrected chi connectivity index (χ3v) is 5.20. The van der Waals surface area contributed by atoms with Gasteiger partial charge in [-0.05, 0) is 26.0 Å². The van der Waals surface area contributed by atoms with Crippen LogP contribution in [0.25, 0.3) is 33.2 Å². The molecule has 4 N–H and O–H groups in total. The maximum absolute atomic E-state index is 14.2. The predicted octanol–water partition coefficient (Wildman–Crippen LogP) is 3.80. The summed E-state index contributed by atoms with van der Waals surface area (Å²) in [5.41, 5.74) is 8.99. The summed E-state index contributed by atoms with van der Waals surface area (Å²) in [6.45, 7) is 3.97. The molecule has 0 aliphatic carbocycles. The van der Waals surface area contributed by atoms with Crippen LogP contribution < -0.4 is 11.1 Å². The lowest BCUT2D eigenvalue weighted by Crippen LogP contribution is -2.06. The number of aromatic amines is 1. The minimum atomic E-state index is -0.395. The molecule has 0 saturated heterocycles. The van der Waals surface area contributed by atoms with Crippen molar-refractivity contribution < 1.29 is 4.39 Å². The summed E-state index contributed by atoms with van der Waals surface area (Å²) >= 11 is 6.14. The minimum Gasteiger partial charge on any atom is -0.383 e. The van der Waals surface area contributed by atoms with Gasteiger partial charge in [-0.25, -0.2) is 9.07 Å². The van der Waals surface area contributed by atoms with Gasteiger partial charge in [0.25, 0.3) is 0 Å². The predicted molar refractivity (Wildman–Crippen MR) is 117 cm³/mol. The average molecular weight is 441 g/mol. The number of aromatic nitrogens is 8. The summed E-state index contributed by atoms with van der Waals surface area (Å²) < 4.78 is 17.5. The van der Waals surface area contributed by atoms with Crippen molar-refractivity contribution >= 4 is 51.0 Å². The Morgan fingerprint density at radius 3 is 2.74 bits per heavy atom. The fourth-order valence-electron chi connectivity index (χ4n) is 3.54. The Labute approximate surface area is 180 Å². The molecule has 0 aliphatic heterocycles. The topological polar surface area (TPSA) is 128 Å². The zero-order chi connectivity index (χ0) is 21.9. The van der Waals surface area contributed by atoms with Gasteiger partial charge in [0.15, 0.2) is 10.8 Å². The van der Waals surface area contributed by atoms with Crippen LogP contribution in [0.4, 0.5) is 21.8 Å². The van der Waals surface area contributed by atoms with Crippen LogP contribution >= 0.6 is 11.6 Å². The van der Waals surface area contributed by atoms with Crippen LogP contribution in [0.3, 0.4) is 0 Å². The number of fused-ring (bicyclic) bond motifs is 2. The molecule has 0 atom stereocenters. The van der Waals surface area contributed by atoms with Crippen molar-refractivity contribution in [3.05, 3.63) is 35.5 Å². The SMILES string of the molecule is CC(C)n1nc(-c2ccc(F)c3[nH]ncc23)c2c(N)nc(Nc3cn(C)nc3Cl)nc21. The second-order valence-corrected chi connectivity index (χ2v) is 7.76. The normalized spacial score (nSPS) is 11.8. The number of benzene rings is 1. The first-order chi connectivity index (χ1) is 14.8. The van der Waals surface area contributed by atoms with E-state index in [-0.39, 0.29) is 23.0 Å². The zero-order valence-electron chi connectivity index (χ0n) is 16.9. The molecule has 0 unspecified atom stereocenters. The molecule has 4 heterocycles. The molecule has 10 nitrogen and oxygen atoms in total. The molecule has 0 fully saturated rings. The summed E-state index contributed by atoms with van der Waals surface area (Å²) in [6, 6.07) is 3.01. The van der Waals surface area contributed by atoms with Crippen LogP contribution in [0.15, 0.2) is 24.5 Å². The van der Waals surface area contributed by atoms with E-state index in [1.807, 2.05) is 13.8 Å². The van der Waals surface area contributed by atoms with Gasteiger partial charge in [-0.1, -0.05) is 11.6 Å². The molecule has 4 aromatic heterocycles. The molecule has 5 aromatic rings. The van der Waals surface area contributed by atoms with Crippen LogP contribution in [0.2, 0.25) is 5.15 Å². The number of nitrogens with one attached hydrogen (secondary N) is 2. The third kappa shape index (κ3) is 3.05. The molecule has 0 saturated carbocycles. The van der Waals surface area contributed by atoms with Crippen LogP contribution in [0.1, 0.15) is 19.9 Å². The lowest BCUT2D eigenvalue weighted by atomic mass is 10.0. The molecule has 1 aromatic carbocycles. The lowest BCUT2D eigenvalue weighted by molar-refractivity contribution is 0.548. The van der Waals surface area contributed by atoms with E-state index in [1.165, 1.54) is 6.07 Å². The maximum Gasteiger partial charge on any atom is 0.231 e. The summed E-state index contributed by atoms with van der Waals surface area (Å²) in [4.78, 5) is 9.04. The number of aryl methyl sites for hydroxylation is 1. The number of nitrogens with two attached hydrogens (primary N) is 1. The zero-order valence-corrected chi connectivity index (χ0v) is 17.6. The molecule has 0 radical (unpaired) electrons. The number of rotatable bonds is 4. The molecule has 12 heteroatoms. The quantitative estimate of drug-likeness (QED) is 0.387. The van der Waals surface area contributed by atoms with Crippen molar-refractivity contribution in [2.45, 2.75) is 19.9 Å². The van der Waals surface area contributed by atoms with Crippen LogP contribution in [0.5, 0.6) is 0 Å². The average Bonchev–Trinajstić information content (AvgIpc) is 3.40. The minimum absolute atomic E-state index is 0.0133. The fourth-order valence-corrected chi connectivity index (χ4v) is 3.76. The highest BCUT2D eigenvalue weighted by atomic mass is 35.5. The van der Waals surface area contributed by atoms with Gasteiger partial charge in [-0.3, -0.25) is 9.78 Å². The highest BCUT2D eigenvalue weighted by Gasteiger charge is 2.23. The van der Waals surface area contributed by atoms with E-state index >= 15 is 0 Å². The highest BCUT2D eigenvalue weighted by molar-refractivity contribution is 6.32. The molecule has 5 rings (SSSR count). The highest BCUT2D eigenvalue weighted by Crippen LogP contribution is 2.37. The summed E-state index contributed by atoms with van der Waals surface area (Å²) in [7, 11) is 1.76. The molecule has 0 aliphatic rings. The first-order valence-corrected chi connectivity index (χ1v) is 9.85. The number of nitrogen functional groups attached to an aromatic ring is 1. The Hall–Kier alpha value is -3.73. The van der Waals surface area contributed by atoms with E-state index in [4.69, 9.17) is 22.4 Å². The van der Waals surface area contributed by atoms with E-state index < -0.39 is 5.82 Å². The van der Waals surface area contributed by atoms with Gasteiger partial charge < -0.3 is 11.1 Å². The van der Waals surface area contributed by atoms with Gasteiger partial charge in [-0.2, -0.15) is 25.3 Å². The molecular formula is C19H18ClFN10. The summed E-state index contributed by atoms with van der Waals surface area (Å²) in [5.74, 6) is 0.101. The van der Waals surface area contributed by atoms with Gasteiger partial charge in [0.1, 0.15) is 22.8 Å². The van der Waals surface area contributed by atoms with Gasteiger partial charge in [-0.15, -0.1) is 0 Å². The van der Waals surface area contributed by atoms with Crippen LogP contribution in [0, 0.1) is 5.82 Å². The first kappa shape index (κ1) is 19.2. The molecular weight excluding hydrogens is 423 g/mol. The van der Waals surface area contributed by atoms with E-state index in [1.54, 1.807) is 34.9 Å². The van der Waals surface area contributed by atoms with Gasteiger partial charge in [0.05, 0.1) is 17.3 Å². The number of hydrogen-bond acceptors (Lipinski definition) is 7. The second-order valence-electron chi connectivity index (χ2n) is 7.40. The van der Waals surface area contributed by atoms with Crippen molar-refractivity contribution in [1.29, 1.82) is 0 Å². The number of halogens is 2. The van der Waals surface area contributed by atoms with Crippen LogP contribution in [-0.4, -0.2) is 39.7 Å². The number of nitrogens with zero attached hydrogens (tertiary/aromatic N) is 7. The van der Waals surface area contributed by atoms with E-state index in [2.05, 4.69) is 30.6 Å². The molecule has 158 valence electrons. The van der Waals surface area contributed by atoms with Crippen LogP contribution in [-0.2, 0) is 7.05 Å². The Balaban J connectivity index is 1.73. The number of hydrogen-bond donors (Lipinski definition) is 3. The van der Waals surface area contributed by atoms with E-state index in [0.29, 0.717) is 38.9 Å². The fraction of sp³-hybridized carbons (Fsp3) is 0.211. The molecule has 31 heavy (non-hydrogen) atoms. The molecule has 0 spiro atoms. The van der Waals surface area contributed by atoms with Gasteiger partial charge in [0, 0.05) is 30.2 Å².